The zero-order valence-electron chi connectivity index (χ0n) is 22.2. The second-order valence-electron chi connectivity index (χ2n) is 10.1. The summed E-state index contributed by atoms with van der Waals surface area (Å²) in [7, 11) is 0.288. The summed E-state index contributed by atoms with van der Waals surface area (Å²) in [6.07, 6.45) is 3.89. The molecule has 0 radical (unpaired) electrons. The molecule has 1 aromatic carbocycles. The number of hydrogen-bond donors (Lipinski definition) is 1. The van der Waals surface area contributed by atoms with Crippen LogP contribution in [-0.2, 0) is 16.6 Å². The number of aromatic amines is 1. The van der Waals surface area contributed by atoms with Crippen LogP contribution in [0.4, 0.5) is 0 Å². The number of nitrogens with one attached hydrogen (secondary N) is 1. The number of nitrogens with zero attached hydrogens (tertiary/aromatic N) is 7. The van der Waals surface area contributed by atoms with Gasteiger partial charge in [0.1, 0.15) is 23.4 Å². The third-order valence-electron chi connectivity index (χ3n) is 6.74. The van der Waals surface area contributed by atoms with Gasteiger partial charge in [0.25, 0.3) is 0 Å². The minimum absolute atomic E-state index is 0.177. The van der Waals surface area contributed by atoms with Crippen LogP contribution in [0.15, 0.2) is 34.2 Å². The Morgan fingerprint density at radius 3 is 2.66 bits per heavy atom. The largest absolute Gasteiger partial charge is 0.493 e. The Balaban J connectivity index is 1.60. The van der Waals surface area contributed by atoms with Gasteiger partial charge >= 0.3 is 5.69 Å². The Labute approximate surface area is 221 Å². The van der Waals surface area contributed by atoms with Crippen LogP contribution in [0.1, 0.15) is 33.1 Å². The summed E-state index contributed by atoms with van der Waals surface area (Å²) < 4.78 is 37.4. The van der Waals surface area contributed by atoms with Gasteiger partial charge in [0.2, 0.25) is 10.0 Å². The van der Waals surface area contributed by atoms with Crippen molar-refractivity contribution in [2.24, 2.45) is 5.92 Å². The Hall–Kier alpha value is -3.29. The maximum atomic E-state index is 13.5. The maximum Gasteiger partial charge on any atom is 0.336 e. The highest BCUT2D eigenvalue weighted by atomic mass is 32.2. The van der Waals surface area contributed by atoms with Gasteiger partial charge in [0.15, 0.2) is 11.3 Å². The lowest BCUT2D eigenvalue weighted by molar-refractivity contribution is 0.160. The molecule has 0 unspecified atom stereocenters. The third kappa shape index (κ3) is 4.69. The molecular formula is C25H34N8O4S. The molecule has 5 rings (SSSR count). The predicted molar refractivity (Wildman–Crippen MR) is 144 cm³/mol. The monoisotopic (exact) mass is 542 g/mol. The van der Waals surface area contributed by atoms with E-state index in [1.54, 1.807) is 22.8 Å². The summed E-state index contributed by atoms with van der Waals surface area (Å²) in [4.78, 5) is 23.4. The highest BCUT2D eigenvalue weighted by Crippen LogP contribution is 2.35. The number of rotatable bonds is 11. The van der Waals surface area contributed by atoms with Crippen LogP contribution in [0.2, 0.25) is 0 Å². The van der Waals surface area contributed by atoms with E-state index in [9.17, 15) is 13.2 Å². The average molecular weight is 543 g/mol. The molecule has 0 bridgehead atoms. The molecule has 1 aliphatic heterocycles. The van der Waals surface area contributed by atoms with E-state index in [1.165, 1.54) is 15.0 Å². The van der Waals surface area contributed by atoms with Crippen LogP contribution >= 0.6 is 0 Å². The van der Waals surface area contributed by atoms with Gasteiger partial charge in [-0.1, -0.05) is 20.3 Å². The SMILES string of the molecule is CCCCn1c(=O)n2cnnc2c2[nH]c(-c3cc(S(=O)(=O)N4CC(CN(C)C)C4)ccc3OCCC)nc21. The van der Waals surface area contributed by atoms with Gasteiger partial charge in [-0.2, -0.15) is 4.31 Å². The molecule has 1 fully saturated rings. The van der Waals surface area contributed by atoms with Crippen LogP contribution in [0.3, 0.4) is 0 Å². The molecule has 204 valence electrons. The summed E-state index contributed by atoms with van der Waals surface area (Å²) in [6.45, 7) is 6.83. The van der Waals surface area contributed by atoms with Crippen molar-refractivity contribution in [3.8, 4) is 17.1 Å². The first kappa shape index (κ1) is 26.3. The summed E-state index contributed by atoms with van der Waals surface area (Å²) in [5.41, 5.74) is 1.60. The van der Waals surface area contributed by atoms with Gasteiger partial charge in [-0.05, 0) is 51.1 Å². The van der Waals surface area contributed by atoms with Crippen LogP contribution < -0.4 is 10.4 Å². The van der Waals surface area contributed by atoms with Gasteiger partial charge in [0.05, 0.1) is 17.1 Å². The normalized spacial score (nSPS) is 15.1. The zero-order chi connectivity index (χ0) is 27.0. The Kier molecular flexibility index (Phi) is 7.25. The first-order chi connectivity index (χ1) is 18.2. The van der Waals surface area contributed by atoms with E-state index in [1.807, 2.05) is 21.0 Å². The molecule has 1 N–H and O–H groups in total. The molecule has 0 amide bonds. The minimum atomic E-state index is -3.69. The molecular weight excluding hydrogens is 508 g/mol. The van der Waals surface area contributed by atoms with Gasteiger partial charge in [-0.3, -0.25) is 4.57 Å². The number of imidazole rings is 1. The number of aromatic nitrogens is 6. The first-order valence-electron chi connectivity index (χ1n) is 13.0. The van der Waals surface area contributed by atoms with Crippen molar-refractivity contribution in [1.29, 1.82) is 0 Å². The third-order valence-corrected chi connectivity index (χ3v) is 8.56. The van der Waals surface area contributed by atoms with Crippen molar-refractivity contribution < 1.29 is 13.2 Å². The van der Waals surface area contributed by atoms with E-state index < -0.39 is 10.0 Å². The second-order valence-corrected chi connectivity index (χ2v) is 12.0. The lowest BCUT2D eigenvalue weighted by atomic mass is 10.0. The Morgan fingerprint density at radius 2 is 1.95 bits per heavy atom. The van der Waals surface area contributed by atoms with E-state index in [-0.39, 0.29) is 10.6 Å². The lowest BCUT2D eigenvalue weighted by Crippen LogP contribution is -2.52. The minimum Gasteiger partial charge on any atom is -0.493 e. The highest BCUT2D eigenvalue weighted by Gasteiger charge is 2.37. The molecule has 0 atom stereocenters. The summed E-state index contributed by atoms with van der Waals surface area (Å²) in [5, 5.41) is 8.04. The number of H-pyrrole nitrogens is 1. The Morgan fingerprint density at radius 1 is 1.16 bits per heavy atom. The fourth-order valence-corrected chi connectivity index (χ4v) is 6.44. The number of sulfonamides is 1. The van der Waals surface area contributed by atoms with Crippen LogP contribution in [0, 0.1) is 5.92 Å². The standard InChI is InChI=1S/C25H34N8O4S/c1-5-7-10-32-23-21(24-29-26-16-33(24)25(32)34)27-22(28-23)19-12-18(8-9-20(19)37-11-6-2)38(35,36)31-14-17(15-31)13-30(3)4/h8-9,12,16-17H,5-7,10-11,13-15H2,1-4H3,(H,27,28). The zero-order valence-corrected chi connectivity index (χ0v) is 23.0. The summed E-state index contributed by atoms with van der Waals surface area (Å²) >= 11 is 0. The fourth-order valence-electron chi connectivity index (χ4n) is 4.82. The molecule has 0 saturated carbocycles. The van der Waals surface area contributed by atoms with Crippen LogP contribution in [0.25, 0.3) is 28.2 Å². The van der Waals surface area contributed by atoms with Gasteiger partial charge in [0, 0.05) is 26.2 Å². The highest BCUT2D eigenvalue weighted by molar-refractivity contribution is 7.89. The van der Waals surface area contributed by atoms with Crippen LogP contribution in [-0.4, -0.2) is 87.1 Å². The molecule has 13 heteroatoms. The number of ether oxygens (including phenoxy) is 1. The van der Waals surface area contributed by atoms with Gasteiger partial charge in [-0.25, -0.2) is 22.6 Å². The van der Waals surface area contributed by atoms with Gasteiger partial charge in [-0.15, -0.1) is 10.2 Å². The molecule has 0 aliphatic carbocycles. The van der Waals surface area contributed by atoms with Crippen molar-refractivity contribution in [2.45, 2.75) is 44.6 Å². The van der Waals surface area contributed by atoms with E-state index in [0.717, 1.165) is 25.8 Å². The van der Waals surface area contributed by atoms with Crippen molar-refractivity contribution in [3.63, 3.8) is 0 Å². The van der Waals surface area contributed by atoms with Crippen molar-refractivity contribution in [3.05, 3.63) is 35.0 Å². The number of aryl methyl sites for hydroxylation is 1. The summed E-state index contributed by atoms with van der Waals surface area (Å²) in [5.74, 6) is 1.23. The number of hydrogen-bond acceptors (Lipinski definition) is 8. The fraction of sp³-hybridized carbons (Fsp3) is 0.520. The molecule has 12 nitrogen and oxygen atoms in total. The quantitative estimate of drug-likeness (QED) is 0.305. The maximum absolute atomic E-state index is 13.5. The smallest absolute Gasteiger partial charge is 0.336 e. The van der Waals surface area contributed by atoms with Crippen molar-refractivity contribution in [2.75, 3.05) is 40.3 Å². The molecule has 1 aliphatic rings. The van der Waals surface area contributed by atoms with Gasteiger partial charge < -0.3 is 14.6 Å². The number of benzene rings is 1. The Bertz CT molecular complexity index is 1620. The first-order valence-corrected chi connectivity index (χ1v) is 14.4. The number of unbranched alkanes of at least 4 members (excludes halogenated alkanes) is 1. The van der Waals surface area contributed by atoms with E-state index in [4.69, 9.17) is 9.72 Å². The van der Waals surface area contributed by atoms with E-state index >= 15 is 0 Å². The molecule has 1 saturated heterocycles. The molecule has 38 heavy (non-hydrogen) atoms. The topological polar surface area (TPSA) is 131 Å². The number of fused-ring (bicyclic) bond motifs is 3. The molecule has 4 aromatic rings. The van der Waals surface area contributed by atoms with E-state index in [0.29, 0.717) is 66.1 Å². The van der Waals surface area contributed by atoms with Crippen LogP contribution in [0.5, 0.6) is 5.75 Å². The molecule has 3 aromatic heterocycles. The lowest BCUT2D eigenvalue weighted by Gasteiger charge is -2.39. The predicted octanol–water partition coefficient (Wildman–Crippen LogP) is 2.21. The summed E-state index contributed by atoms with van der Waals surface area (Å²) in [6, 6.07) is 4.87. The second kappa shape index (κ2) is 10.5. The molecule has 0 spiro atoms. The van der Waals surface area contributed by atoms with Crippen molar-refractivity contribution >= 4 is 26.8 Å². The molecule has 4 heterocycles. The van der Waals surface area contributed by atoms with E-state index in [2.05, 4.69) is 27.0 Å². The van der Waals surface area contributed by atoms with Crippen molar-refractivity contribution in [1.82, 2.24) is 38.3 Å². The average Bonchev–Trinajstić information content (AvgIpc) is 3.52.